The van der Waals surface area contributed by atoms with Crippen molar-refractivity contribution in [2.45, 2.75) is 20.0 Å². The third-order valence-electron chi connectivity index (χ3n) is 4.44. The predicted octanol–water partition coefficient (Wildman–Crippen LogP) is 3.72. The van der Waals surface area contributed by atoms with Crippen LogP contribution in [0.2, 0.25) is 0 Å². The zero-order valence-corrected chi connectivity index (χ0v) is 17.2. The van der Waals surface area contributed by atoms with Crippen molar-refractivity contribution in [3.8, 4) is 11.5 Å². The van der Waals surface area contributed by atoms with Crippen molar-refractivity contribution >= 4 is 26.8 Å². The van der Waals surface area contributed by atoms with Gasteiger partial charge in [-0.3, -0.25) is 9.69 Å². The topological polar surface area (TPSA) is 67.5 Å². The minimum Gasteiger partial charge on any atom is -0.493 e. The van der Waals surface area contributed by atoms with E-state index < -0.39 is 0 Å². The number of nitrogens with zero attached hydrogens (tertiary/aromatic N) is 2. The molecule has 1 heterocycles. The lowest BCUT2D eigenvalue weighted by Crippen LogP contribution is -2.25. The summed E-state index contributed by atoms with van der Waals surface area (Å²) in [5.41, 5.74) is 1.66. The molecule has 0 radical (unpaired) electrons. The van der Waals surface area contributed by atoms with E-state index in [1.54, 1.807) is 20.3 Å². The maximum atomic E-state index is 12.3. The van der Waals surface area contributed by atoms with Gasteiger partial charge in [-0.15, -0.1) is 0 Å². The fourth-order valence-electron chi connectivity index (χ4n) is 2.99. The highest BCUT2D eigenvalue weighted by atomic mass is 79.9. The number of para-hydroxylation sites is 1. The van der Waals surface area contributed by atoms with Gasteiger partial charge < -0.3 is 14.5 Å². The van der Waals surface area contributed by atoms with Crippen molar-refractivity contribution in [3.05, 3.63) is 62.6 Å². The lowest BCUT2D eigenvalue weighted by molar-refractivity contribution is 0.263. The number of ether oxygens (including phenoxy) is 2. The smallest absolute Gasteiger partial charge is 0.258 e. The minimum atomic E-state index is -0.112. The largest absolute Gasteiger partial charge is 0.493 e. The summed E-state index contributed by atoms with van der Waals surface area (Å²) < 4.78 is 11.7. The van der Waals surface area contributed by atoms with Crippen LogP contribution in [0, 0.1) is 0 Å². The van der Waals surface area contributed by atoms with Gasteiger partial charge in [0.05, 0.1) is 36.1 Å². The van der Waals surface area contributed by atoms with E-state index in [1.807, 2.05) is 30.3 Å². The van der Waals surface area contributed by atoms with Gasteiger partial charge in [0, 0.05) is 6.54 Å². The van der Waals surface area contributed by atoms with Crippen LogP contribution in [0.5, 0.6) is 11.5 Å². The molecular weight excluding hydrogens is 410 g/mol. The highest BCUT2D eigenvalue weighted by molar-refractivity contribution is 9.10. The molecule has 0 bridgehead atoms. The maximum absolute atomic E-state index is 12.3. The number of hydrogen-bond donors (Lipinski definition) is 1. The molecule has 7 heteroatoms. The van der Waals surface area contributed by atoms with Gasteiger partial charge in [0.1, 0.15) is 5.82 Å². The molecule has 27 heavy (non-hydrogen) atoms. The standard InChI is InChI=1S/C20H22BrN3O3/c1-4-24(11-13-9-10-16(26-2)19(27-3)18(13)21)12-17-22-15-8-6-5-7-14(15)20(25)23-17/h5-10H,4,11-12H2,1-3H3,(H,22,23,25). The molecule has 0 fully saturated rings. The molecule has 0 aliphatic rings. The van der Waals surface area contributed by atoms with Gasteiger partial charge in [-0.2, -0.15) is 0 Å². The summed E-state index contributed by atoms with van der Waals surface area (Å²) in [5.74, 6) is 2.00. The number of hydrogen-bond acceptors (Lipinski definition) is 5. The molecule has 142 valence electrons. The minimum absolute atomic E-state index is 0.112. The highest BCUT2D eigenvalue weighted by Crippen LogP contribution is 2.38. The quantitative estimate of drug-likeness (QED) is 0.617. The van der Waals surface area contributed by atoms with Gasteiger partial charge in [-0.25, -0.2) is 4.98 Å². The Balaban J connectivity index is 1.86. The zero-order chi connectivity index (χ0) is 19.4. The molecule has 1 aromatic heterocycles. The first-order chi connectivity index (χ1) is 13.1. The molecule has 0 saturated heterocycles. The van der Waals surface area contributed by atoms with Crippen LogP contribution in [0.15, 0.2) is 45.7 Å². The number of rotatable bonds is 7. The lowest BCUT2D eigenvalue weighted by atomic mass is 10.2. The fourth-order valence-corrected chi connectivity index (χ4v) is 3.61. The number of fused-ring (bicyclic) bond motifs is 1. The van der Waals surface area contributed by atoms with Crippen molar-refractivity contribution in [2.24, 2.45) is 0 Å². The number of nitrogens with one attached hydrogen (secondary N) is 1. The first kappa shape index (κ1) is 19.4. The molecule has 2 aromatic carbocycles. The third kappa shape index (κ3) is 4.14. The first-order valence-electron chi connectivity index (χ1n) is 8.67. The molecule has 3 aromatic rings. The summed E-state index contributed by atoms with van der Waals surface area (Å²) in [7, 11) is 3.23. The van der Waals surface area contributed by atoms with E-state index in [0.717, 1.165) is 16.6 Å². The monoisotopic (exact) mass is 431 g/mol. The Morgan fingerprint density at radius 1 is 1.11 bits per heavy atom. The Hall–Kier alpha value is -2.38. The van der Waals surface area contributed by atoms with Gasteiger partial charge in [0.25, 0.3) is 5.56 Å². The average molecular weight is 432 g/mol. The molecule has 1 N–H and O–H groups in total. The number of aromatic amines is 1. The zero-order valence-electron chi connectivity index (χ0n) is 15.6. The molecule has 0 amide bonds. The number of methoxy groups -OCH3 is 2. The molecule has 0 spiro atoms. The second-order valence-corrected chi connectivity index (χ2v) is 6.90. The summed E-state index contributed by atoms with van der Waals surface area (Å²) in [5, 5.41) is 0.604. The van der Waals surface area contributed by atoms with Gasteiger partial charge in [-0.1, -0.05) is 25.1 Å². The highest BCUT2D eigenvalue weighted by Gasteiger charge is 2.16. The third-order valence-corrected chi connectivity index (χ3v) is 5.31. The number of benzene rings is 2. The van der Waals surface area contributed by atoms with Gasteiger partial charge in [0.2, 0.25) is 0 Å². The summed E-state index contributed by atoms with van der Waals surface area (Å²) in [6.07, 6.45) is 0. The van der Waals surface area contributed by atoms with Crippen molar-refractivity contribution in [3.63, 3.8) is 0 Å². The molecule has 0 atom stereocenters. The number of H-pyrrole nitrogens is 1. The van der Waals surface area contributed by atoms with Crippen molar-refractivity contribution in [1.29, 1.82) is 0 Å². The van der Waals surface area contributed by atoms with Crippen LogP contribution >= 0.6 is 15.9 Å². The molecule has 0 aliphatic carbocycles. The summed E-state index contributed by atoms with van der Waals surface area (Å²) in [6, 6.07) is 11.3. The maximum Gasteiger partial charge on any atom is 0.258 e. The first-order valence-corrected chi connectivity index (χ1v) is 9.46. The van der Waals surface area contributed by atoms with Gasteiger partial charge in [0.15, 0.2) is 11.5 Å². The van der Waals surface area contributed by atoms with Crippen molar-refractivity contribution < 1.29 is 9.47 Å². The Bertz CT molecular complexity index is 1000. The van der Waals surface area contributed by atoms with Crippen LogP contribution in [0.1, 0.15) is 18.3 Å². The SMILES string of the molecule is CCN(Cc1nc2ccccc2c(=O)[nH]1)Cc1ccc(OC)c(OC)c1Br. The van der Waals surface area contributed by atoms with Gasteiger partial charge in [-0.05, 0) is 46.2 Å². The van der Waals surface area contributed by atoms with Crippen LogP contribution in [0.3, 0.4) is 0 Å². The van der Waals surface area contributed by atoms with Crippen LogP contribution in [-0.2, 0) is 13.1 Å². The Morgan fingerprint density at radius 3 is 2.59 bits per heavy atom. The molecular formula is C20H22BrN3O3. The number of halogens is 1. The molecule has 0 aliphatic heterocycles. The summed E-state index contributed by atoms with van der Waals surface area (Å²) >= 11 is 3.62. The Morgan fingerprint density at radius 2 is 1.89 bits per heavy atom. The molecule has 0 unspecified atom stereocenters. The molecule has 0 saturated carbocycles. The number of aromatic nitrogens is 2. The Labute approximate surface area is 166 Å². The van der Waals surface area contributed by atoms with Crippen LogP contribution < -0.4 is 15.0 Å². The van der Waals surface area contributed by atoms with Crippen molar-refractivity contribution in [1.82, 2.24) is 14.9 Å². The normalized spacial score (nSPS) is 11.1. The summed E-state index contributed by atoms with van der Waals surface area (Å²) in [6.45, 7) is 4.09. The average Bonchev–Trinajstić information content (AvgIpc) is 2.68. The molecule has 6 nitrogen and oxygen atoms in total. The second-order valence-electron chi connectivity index (χ2n) is 6.11. The predicted molar refractivity (Wildman–Crippen MR) is 109 cm³/mol. The van der Waals surface area contributed by atoms with Crippen LogP contribution in [0.25, 0.3) is 10.9 Å². The van der Waals surface area contributed by atoms with E-state index in [4.69, 9.17) is 9.47 Å². The van der Waals surface area contributed by atoms with E-state index in [1.165, 1.54) is 0 Å². The van der Waals surface area contributed by atoms with Crippen LogP contribution in [-0.4, -0.2) is 35.6 Å². The van der Waals surface area contributed by atoms with Crippen molar-refractivity contribution in [2.75, 3.05) is 20.8 Å². The van der Waals surface area contributed by atoms with E-state index in [9.17, 15) is 4.79 Å². The van der Waals surface area contributed by atoms with E-state index >= 15 is 0 Å². The van der Waals surface area contributed by atoms with E-state index in [0.29, 0.717) is 41.3 Å². The lowest BCUT2D eigenvalue weighted by Gasteiger charge is -2.22. The molecule has 3 rings (SSSR count). The van der Waals surface area contributed by atoms with Crippen LogP contribution in [0.4, 0.5) is 0 Å². The van der Waals surface area contributed by atoms with E-state index in [-0.39, 0.29) is 5.56 Å². The van der Waals surface area contributed by atoms with E-state index in [2.05, 4.69) is 37.7 Å². The summed E-state index contributed by atoms with van der Waals surface area (Å²) in [4.78, 5) is 22.0. The fraction of sp³-hybridized carbons (Fsp3) is 0.300. The Kier molecular flexibility index (Phi) is 6.13. The second kappa shape index (κ2) is 8.54. The van der Waals surface area contributed by atoms with Gasteiger partial charge >= 0.3 is 0 Å².